The molecule has 0 radical (unpaired) electrons. The van der Waals surface area contributed by atoms with Gasteiger partial charge < -0.3 is 14.3 Å². The highest BCUT2D eigenvalue weighted by Gasteiger charge is 2.30. The molecule has 0 bridgehead atoms. The Kier molecular flexibility index (Phi) is 3.87. The van der Waals surface area contributed by atoms with E-state index in [1.807, 2.05) is 6.92 Å². The molecule has 0 aromatic carbocycles. The zero-order chi connectivity index (χ0) is 13.3. The van der Waals surface area contributed by atoms with Gasteiger partial charge in [0, 0.05) is 17.4 Å². The lowest BCUT2D eigenvalue weighted by Crippen LogP contribution is -2.23. The van der Waals surface area contributed by atoms with E-state index in [4.69, 9.17) is 14.3 Å². The molecule has 18 heavy (non-hydrogen) atoms. The molecular weight excluding hydrogens is 256 g/mol. The average Bonchev–Trinajstić information content (AvgIpc) is 2.84. The first-order chi connectivity index (χ1) is 8.49. The molecule has 3 atom stereocenters. The van der Waals surface area contributed by atoms with Crippen molar-refractivity contribution in [2.24, 2.45) is 0 Å². The Balaban J connectivity index is 2.07. The molecule has 1 aromatic heterocycles. The lowest BCUT2D eigenvalue weighted by molar-refractivity contribution is 0.0695. The summed E-state index contributed by atoms with van der Waals surface area (Å²) in [5.74, 6) is 0.0327. The third-order valence-electron chi connectivity index (χ3n) is 3.13. The van der Waals surface area contributed by atoms with Gasteiger partial charge in [-0.05, 0) is 26.3 Å². The van der Waals surface area contributed by atoms with Crippen LogP contribution in [-0.4, -0.2) is 33.2 Å². The van der Waals surface area contributed by atoms with Crippen LogP contribution in [0.3, 0.4) is 0 Å². The Hall–Kier alpha value is -1.14. The highest BCUT2D eigenvalue weighted by molar-refractivity contribution is 7.84. The van der Waals surface area contributed by atoms with Crippen molar-refractivity contribution in [3.63, 3.8) is 0 Å². The van der Waals surface area contributed by atoms with Crippen molar-refractivity contribution in [3.05, 3.63) is 23.2 Å². The second kappa shape index (κ2) is 5.24. The number of carboxylic acid groups (broad SMARTS) is 1. The van der Waals surface area contributed by atoms with Crippen molar-refractivity contribution < 1.29 is 23.3 Å². The summed E-state index contributed by atoms with van der Waals surface area (Å²) >= 11 is 0. The summed E-state index contributed by atoms with van der Waals surface area (Å²) < 4.78 is 22.8. The third-order valence-corrected chi connectivity index (χ3v) is 4.99. The van der Waals surface area contributed by atoms with Gasteiger partial charge in [-0.3, -0.25) is 4.21 Å². The molecule has 1 aliphatic rings. The van der Waals surface area contributed by atoms with Gasteiger partial charge in [0.25, 0.3) is 0 Å². The molecule has 100 valence electrons. The fraction of sp³-hybridized carbons (Fsp3) is 0.583. The van der Waals surface area contributed by atoms with Gasteiger partial charge in [-0.1, -0.05) is 0 Å². The van der Waals surface area contributed by atoms with Crippen LogP contribution in [0.15, 0.2) is 10.5 Å². The van der Waals surface area contributed by atoms with Crippen LogP contribution in [0.4, 0.5) is 0 Å². The predicted molar refractivity (Wildman–Crippen MR) is 66.1 cm³/mol. The lowest BCUT2D eigenvalue weighted by Gasteiger charge is -2.12. The summed E-state index contributed by atoms with van der Waals surface area (Å²) in [6, 6.07) is 1.45. The number of aromatic carboxylic acids is 1. The first kappa shape index (κ1) is 13.3. The van der Waals surface area contributed by atoms with Crippen molar-refractivity contribution in [2.75, 3.05) is 6.61 Å². The first-order valence-corrected chi connectivity index (χ1v) is 7.18. The Morgan fingerprint density at radius 2 is 2.33 bits per heavy atom. The molecule has 2 rings (SSSR count). The fourth-order valence-electron chi connectivity index (χ4n) is 2.13. The first-order valence-electron chi connectivity index (χ1n) is 5.80. The van der Waals surface area contributed by atoms with E-state index in [2.05, 4.69) is 0 Å². The Morgan fingerprint density at radius 1 is 1.61 bits per heavy atom. The molecule has 0 aliphatic carbocycles. The lowest BCUT2D eigenvalue weighted by atomic mass is 10.2. The van der Waals surface area contributed by atoms with E-state index in [0.29, 0.717) is 18.1 Å². The van der Waals surface area contributed by atoms with E-state index in [0.717, 1.165) is 6.42 Å². The number of carbonyl (C=O) groups is 1. The van der Waals surface area contributed by atoms with Crippen LogP contribution in [-0.2, 0) is 21.3 Å². The van der Waals surface area contributed by atoms with Crippen molar-refractivity contribution in [2.45, 2.75) is 37.4 Å². The molecule has 0 saturated carbocycles. The van der Waals surface area contributed by atoms with E-state index < -0.39 is 16.8 Å². The maximum atomic E-state index is 12.1. The molecule has 0 amide bonds. The quantitative estimate of drug-likeness (QED) is 0.903. The molecule has 2 heterocycles. The summed E-state index contributed by atoms with van der Waals surface area (Å²) in [4.78, 5) is 10.9. The summed E-state index contributed by atoms with van der Waals surface area (Å²) in [6.07, 6.45) is 0.764. The number of carboxylic acids is 1. The number of ether oxygens (including phenoxy) is 1. The Labute approximate surface area is 108 Å². The minimum Gasteiger partial charge on any atom is -0.478 e. The van der Waals surface area contributed by atoms with Gasteiger partial charge in [-0.25, -0.2) is 4.79 Å². The third kappa shape index (κ3) is 2.64. The van der Waals surface area contributed by atoms with Crippen LogP contribution in [0.2, 0.25) is 0 Å². The number of rotatable bonds is 4. The van der Waals surface area contributed by atoms with E-state index in [-0.39, 0.29) is 22.7 Å². The maximum absolute atomic E-state index is 12.1. The second-order valence-corrected chi connectivity index (χ2v) is 6.07. The molecule has 1 aromatic rings. The molecule has 0 spiro atoms. The molecular formula is C12H16O5S. The van der Waals surface area contributed by atoms with Crippen LogP contribution in [0.25, 0.3) is 0 Å². The van der Waals surface area contributed by atoms with Gasteiger partial charge >= 0.3 is 5.97 Å². The molecule has 1 saturated heterocycles. The highest BCUT2D eigenvalue weighted by Crippen LogP contribution is 2.23. The van der Waals surface area contributed by atoms with E-state index >= 15 is 0 Å². The smallest absolute Gasteiger partial charge is 0.339 e. The summed E-state index contributed by atoms with van der Waals surface area (Å²) in [6.45, 7) is 4.14. The predicted octanol–water partition coefficient (Wildman–Crippen LogP) is 1.71. The zero-order valence-corrected chi connectivity index (χ0v) is 11.2. The van der Waals surface area contributed by atoms with Gasteiger partial charge in [-0.15, -0.1) is 0 Å². The molecule has 1 aliphatic heterocycles. The number of furan rings is 1. The van der Waals surface area contributed by atoms with Crippen LogP contribution >= 0.6 is 0 Å². The number of aryl methyl sites for hydroxylation is 1. The van der Waals surface area contributed by atoms with Gasteiger partial charge in [0.05, 0.1) is 17.1 Å². The monoisotopic (exact) mass is 272 g/mol. The van der Waals surface area contributed by atoms with Crippen molar-refractivity contribution >= 4 is 16.8 Å². The normalized spacial score (nSPS) is 25.2. The largest absolute Gasteiger partial charge is 0.478 e. The Morgan fingerprint density at radius 3 is 2.83 bits per heavy atom. The molecule has 3 unspecified atom stereocenters. The number of hydrogen-bond donors (Lipinski definition) is 1. The van der Waals surface area contributed by atoms with Crippen LogP contribution in [0, 0.1) is 6.92 Å². The minimum absolute atomic E-state index is 0.00341. The van der Waals surface area contributed by atoms with Crippen molar-refractivity contribution in [3.8, 4) is 0 Å². The summed E-state index contributed by atoms with van der Waals surface area (Å²) in [5, 5.41) is 8.91. The molecule has 1 fully saturated rings. The topological polar surface area (TPSA) is 76.7 Å². The maximum Gasteiger partial charge on any atom is 0.339 e. The van der Waals surface area contributed by atoms with Crippen molar-refractivity contribution in [1.29, 1.82) is 0 Å². The van der Waals surface area contributed by atoms with Crippen LogP contribution in [0.1, 0.15) is 35.2 Å². The fourth-order valence-corrected chi connectivity index (χ4v) is 3.63. The van der Waals surface area contributed by atoms with Gasteiger partial charge in [-0.2, -0.15) is 0 Å². The average molecular weight is 272 g/mol. The molecule has 5 nitrogen and oxygen atoms in total. The highest BCUT2D eigenvalue weighted by atomic mass is 32.2. The van der Waals surface area contributed by atoms with Crippen LogP contribution < -0.4 is 0 Å². The second-order valence-electron chi connectivity index (χ2n) is 4.42. The van der Waals surface area contributed by atoms with Crippen LogP contribution in [0.5, 0.6) is 0 Å². The number of hydrogen-bond acceptors (Lipinski definition) is 4. The minimum atomic E-state index is -1.10. The zero-order valence-electron chi connectivity index (χ0n) is 10.3. The van der Waals surface area contributed by atoms with Gasteiger partial charge in [0.1, 0.15) is 17.1 Å². The summed E-state index contributed by atoms with van der Waals surface area (Å²) in [7, 11) is -1.10. The van der Waals surface area contributed by atoms with E-state index in [1.54, 1.807) is 6.92 Å². The SMILES string of the molecule is Cc1oc(CS(=O)C2CCOC2C)cc1C(=O)O. The van der Waals surface area contributed by atoms with Gasteiger partial charge in [0.2, 0.25) is 0 Å². The van der Waals surface area contributed by atoms with E-state index in [9.17, 15) is 9.00 Å². The molecule has 1 N–H and O–H groups in total. The van der Waals surface area contributed by atoms with Crippen molar-refractivity contribution in [1.82, 2.24) is 0 Å². The van der Waals surface area contributed by atoms with Gasteiger partial charge in [0.15, 0.2) is 0 Å². The molecule has 6 heteroatoms. The Bertz CT molecular complexity index is 479. The summed E-state index contributed by atoms with van der Waals surface area (Å²) in [5.41, 5.74) is 0.137. The standard InChI is InChI=1S/C12H16O5S/c1-7-10(12(13)14)5-9(17-7)6-18(15)11-3-4-16-8(11)2/h5,8,11H,3-4,6H2,1-2H3,(H,13,14). The van der Waals surface area contributed by atoms with E-state index in [1.165, 1.54) is 6.07 Å².